The van der Waals surface area contributed by atoms with Gasteiger partial charge in [-0.25, -0.2) is 0 Å². The van der Waals surface area contributed by atoms with Crippen molar-refractivity contribution in [3.8, 4) is 0 Å². The lowest BCUT2D eigenvalue weighted by molar-refractivity contribution is -0.170. The van der Waals surface area contributed by atoms with Crippen LogP contribution in [0.1, 0.15) is 37.5 Å². The highest BCUT2D eigenvalue weighted by molar-refractivity contribution is 5.47. The molecule has 0 aliphatic carbocycles. The third-order valence-corrected chi connectivity index (χ3v) is 6.17. The van der Waals surface area contributed by atoms with E-state index in [9.17, 15) is 10.2 Å². The quantitative estimate of drug-likeness (QED) is 0.504. The van der Waals surface area contributed by atoms with E-state index >= 15 is 0 Å². The first-order valence-corrected chi connectivity index (χ1v) is 11.3. The molecule has 1 fully saturated rings. The van der Waals surface area contributed by atoms with Crippen molar-refractivity contribution in [1.82, 2.24) is 0 Å². The minimum atomic E-state index is -1.04. The van der Waals surface area contributed by atoms with Crippen LogP contribution in [-0.4, -0.2) is 47.0 Å². The third kappa shape index (κ3) is 4.60. The van der Waals surface area contributed by atoms with E-state index in [1.165, 1.54) is 0 Å². The Kier molecular flexibility index (Phi) is 6.71. The van der Waals surface area contributed by atoms with Gasteiger partial charge in [0.05, 0.1) is 13.2 Å². The molecule has 3 aromatic carbocycles. The molecule has 0 saturated carbocycles. The summed E-state index contributed by atoms with van der Waals surface area (Å²) in [4.78, 5) is 0. The number of aliphatic hydroxyl groups is 2. The molecule has 1 aliphatic rings. The van der Waals surface area contributed by atoms with Crippen LogP contribution in [0.5, 0.6) is 0 Å². The first-order valence-electron chi connectivity index (χ1n) is 11.3. The van der Waals surface area contributed by atoms with Gasteiger partial charge in [-0.1, -0.05) is 91.0 Å². The first kappa shape index (κ1) is 23.6. The molecule has 3 aromatic rings. The van der Waals surface area contributed by atoms with Gasteiger partial charge in [0, 0.05) is 0 Å². The van der Waals surface area contributed by atoms with Gasteiger partial charge in [-0.3, -0.25) is 0 Å². The number of ether oxygens (including phenoxy) is 3. The van der Waals surface area contributed by atoms with E-state index in [0.717, 1.165) is 16.7 Å². The van der Waals surface area contributed by atoms with E-state index in [-0.39, 0.29) is 13.2 Å². The Morgan fingerprint density at radius 3 is 1.64 bits per heavy atom. The molecule has 2 N–H and O–H groups in total. The second-order valence-corrected chi connectivity index (χ2v) is 9.17. The highest BCUT2D eigenvalue weighted by Gasteiger charge is 2.53. The standard InChI is InChI=1S/C28H32O5/c1-26(2)32-25(27(3,20-29)33-26)24(30)19-31-28(21-13-7-4-8-14-21,22-15-9-5-10-16-22)23-17-11-6-12-18-23/h4-18,24-25,29-30H,19-20H2,1-3H3/t24-,25-,27+/m1/s1. The van der Waals surface area contributed by atoms with Crippen LogP contribution in [0.4, 0.5) is 0 Å². The lowest BCUT2D eigenvalue weighted by Crippen LogP contribution is -2.50. The number of hydrogen-bond acceptors (Lipinski definition) is 5. The van der Waals surface area contributed by atoms with Crippen LogP contribution in [0.3, 0.4) is 0 Å². The molecule has 1 aliphatic heterocycles. The van der Waals surface area contributed by atoms with Crippen LogP contribution in [0.2, 0.25) is 0 Å². The maximum Gasteiger partial charge on any atom is 0.164 e. The smallest absolute Gasteiger partial charge is 0.164 e. The van der Waals surface area contributed by atoms with Crippen LogP contribution < -0.4 is 0 Å². The summed E-state index contributed by atoms with van der Waals surface area (Å²) in [7, 11) is 0. The fraction of sp³-hybridized carbons (Fsp3) is 0.357. The summed E-state index contributed by atoms with van der Waals surface area (Å²) in [6.07, 6.45) is -1.78. The van der Waals surface area contributed by atoms with Gasteiger partial charge in [0.25, 0.3) is 0 Å². The van der Waals surface area contributed by atoms with E-state index in [0.29, 0.717) is 0 Å². The average molecular weight is 449 g/mol. The molecular formula is C28H32O5. The van der Waals surface area contributed by atoms with Crippen molar-refractivity contribution >= 4 is 0 Å². The Morgan fingerprint density at radius 2 is 1.24 bits per heavy atom. The fourth-order valence-electron chi connectivity index (χ4n) is 4.75. The van der Waals surface area contributed by atoms with Crippen LogP contribution in [0.15, 0.2) is 91.0 Å². The van der Waals surface area contributed by atoms with Crippen molar-refractivity contribution in [1.29, 1.82) is 0 Å². The summed E-state index contributed by atoms with van der Waals surface area (Å²) < 4.78 is 18.6. The molecule has 0 aromatic heterocycles. The normalized spacial score (nSPS) is 23.4. The Morgan fingerprint density at radius 1 is 0.818 bits per heavy atom. The SMILES string of the molecule is CC1(C)O[C@H]([C@H](O)COC(c2ccccc2)(c2ccccc2)c2ccccc2)[C@](C)(CO)O1. The Labute approximate surface area is 195 Å². The number of rotatable bonds is 8. The summed E-state index contributed by atoms with van der Waals surface area (Å²) in [5.74, 6) is -0.918. The third-order valence-electron chi connectivity index (χ3n) is 6.17. The van der Waals surface area contributed by atoms with Crippen molar-refractivity contribution in [3.63, 3.8) is 0 Å². The van der Waals surface area contributed by atoms with Crippen molar-refractivity contribution in [2.45, 2.75) is 50.0 Å². The van der Waals surface area contributed by atoms with Gasteiger partial charge in [-0.05, 0) is 37.5 Å². The lowest BCUT2D eigenvalue weighted by atomic mass is 9.80. The molecule has 3 atom stereocenters. The molecule has 1 heterocycles. The van der Waals surface area contributed by atoms with Crippen molar-refractivity contribution < 1.29 is 24.4 Å². The molecule has 33 heavy (non-hydrogen) atoms. The van der Waals surface area contributed by atoms with E-state index in [1.54, 1.807) is 20.8 Å². The summed E-state index contributed by atoms with van der Waals surface area (Å²) in [6.45, 7) is 4.99. The molecule has 0 spiro atoms. The zero-order valence-electron chi connectivity index (χ0n) is 19.3. The van der Waals surface area contributed by atoms with Crippen LogP contribution >= 0.6 is 0 Å². The molecule has 0 unspecified atom stereocenters. The fourth-order valence-corrected chi connectivity index (χ4v) is 4.75. The van der Waals surface area contributed by atoms with Crippen molar-refractivity contribution in [2.24, 2.45) is 0 Å². The maximum atomic E-state index is 11.2. The van der Waals surface area contributed by atoms with Gasteiger partial charge >= 0.3 is 0 Å². The largest absolute Gasteiger partial charge is 0.393 e. The van der Waals surface area contributed by atoms with Gasteiger partial charge in [0.2, 0.25) is 0 Å². The second-order valence-electron chi connectivity index (χ2n) is 9.17. The monoisotopic (exact) mass is 448 g/mol. The summed E-state index contributed by atoms with van der Waals surface area (Å²) >= 11 is 0. The Bertz CT molecular complexity index is 925. The Balaban J connectivity index is 1.75. The van der Waals surface area contributed by atoms with Gasteiger partial charge in [0.15, 0.2) is 5.79 Å². The van der Waals surface area contributed by atoms with E-state index in [2.05, 4.69) is 0 Å². The van der Waals surface area contributed by atoms with Gasteiger partial charge < -0.3 is 24.4 Å². The van der Waals surface area contributed by atoms with E-state index in [4.69, 9.17) is 14.2 Å². The zero-order valence-corrected chi connectivity index (χ0v) is 19.3. The summed E-state index contributed by atoms with van der Waals surface area (Å²) in [5.41, 5.74) is 0.853. The maximum absolute atomic E-state index is 11.2. The molecule has 174 valence electrons. The molecule has 5 nitrogen and oxygen atoms in total. The van der Waals surface area contributed by atoms with Gasteiger partial charge in [-0.2, -0.15) is 0 Å². The van der Waals surface area contributed by atoms with Gasteiger partial charge in [0.1, 0.15) is 23.4 Å². The average Bonchev–Trinajstić information content (AvgIpc) is 3.10. The first-order chi connectivity index (χ1) is 15.8. The van der Waals surface area contributed by atoms with E-state index < -0.39 is 29.2 Å². The Hall–Kier alpha value is -2.54. The molecule has 0 amide bonds. The molecule has 5 heteroatoms. The molecule has 0 bridgehead atoms. The minimum absolute atomic E-state index is 0.0294. The zero-order chi connectivity index (χ0) is 23.5. The van der Waals surface area contributed by atoms with Crippen LogP contribution in [-0.2, 0) is 19.8 Å². The predicted molar refractivity (Wildman–Crippen MR) is 127 cm³/mol. The van der Waals surface area contributed by atoms with Crippen molar-refractivity contribution in [3.05, 3.63) is 108 Å². The van der Waals surface area contributed by atoms with E-state index in [1.807, 2.05) is 91.0 Å². The van der Waals surface area contributed by atoms with Crippen LogP contribution in [0.25, 0.3) is 0 Å². The lowest BCUT2D eigenvalue weighted by Gasteiger charge is -2.38. The molecule has 0 radical (unpaired) electrons. The van der Waals surface area contributed by atoms with Crippen LogP contribution in [0, 0.1) is 0 Å². The predicted octanol–water partition coefficient (Wildman–Crippen LogP) is 4.26. The number of aliphatic hydroxyl groups excluding tert-OH is 2. The molecular weight excluding hydrogens is 416 g/mol. The van der Waals surface area contributed by atoms with Gasteiger partial charge in [-0.15, -0.1) is 0 Å². The topological polar surface area (TPSA) is 68.2 Å². The molecule has 1 saturated heterocycles. The van der Waals surface area contributed by atoms with Crippen molar-refractivity contribution in [2.75, 3.05) is 13.2 Å². The number of hydrogen-bond donors (Lipinski definition) is 2. The number of benzene rings is 3. The summed E-state index contributed by atoms with van der Waals surface area (Å²) in [5, 5.41) is 21.2. The minimum Gasteiger partial charge on any atom is -0.393 e. The highest BCUT2D eigenvalue weighted by Crippen LogP contribution is 2.42. The second kappa shape index (κ2) is 9.37. The summed E-state index contributed by atoms with van der Waals surface area (Å²) in [6, 6.07) is 30.0. The highest BCUT2D eigenvalue weighted by atomic mass is 16.8. The molecule has 4 rings (SSSR count).